The molecular weight excluding hydrogens is 391 g/mol. The van der Waals surface area contributed by atoms with Crippen LogP contribution in [0.3, 0.4) is 0 Å². The molecule has 3 rings (SSSR count). The molecule has 0 bridgehead atoms. The molecule has 3 aromatic rings. The van der Waals surface area contributed by atoms with E-state index >= 15 is 0 Å². The van der Waals surface area contributed by atoms with Crippen molar-refractivity contribution in [1.82, 2.24) is 19.7 Å². The van der Waals surface area contributed by atoms with Crippen LogP contribution >= 0.6 is 22.6 Å². The number of hydrogen-bond acceptors (Lipinski definition) is 2. The fourth-order valence-corrected chi connectivity index (χ4v) is 2.75. The predicted octanol–water partition coefficient (Wildman–Crippen LogP) is 2.71. The summed E-state index contributed by atoms with van der Waals surface area (Å²) < 4.78 is 4.82. The fourth-order valence-electron chi connectivity index (χ4n) is 2.22. The molecule has 0 spiro atoms. The minimum absolute atomic E-state index is 0.0870. The minimum Gasteiger partial charge on any atom is -0.349 e. The summed E-state index contributed by atoms with van der Waals surface area (Å²) in [5.41, 5.74) is 1.61. The van der Waals surface area contributed by atoms with Crippen LogP contribution in [0.4, 0.5) is 0 Å². The average molecular weight is 406 g/mol. The van der Waals surface area contributed by atoms with E-state index in [1.165, 1.54) is 0 Å². The summed E-state index contributed by atoms with van der Waals surface area (Å²) in [4.78, 5) is 12.3. The lowest BCUT2D eigenvalue weighted by molar-refractivity contribution is 0.0945. The van der Waals surface area contributed by atoms with E-state index in [0.717, 1.165) is 9.26 Å². The number of hydrogen-bond donors (Lipinski definition) is 1. The monoisotopic (exact) mass is 406 g/mol. The topological polar surface area (TPSA) is 51.9 Å². The number of benzene rings is 1. The van der Waals surface area contributed by atoms with Gasteiger partial charge in [0.2, 0.25) is 0 Å². The number of carbonyl (C=O) groups is 1. The number of amides is 1. The van der Waals surface area contributed by atoms with Crippen LogP contribution in [0.15, 0.2) is 61.1 Å². The lowest BCUT2D eigenvalue weighted by atomic mass is 10.3. The van der Waals surface area contributed by atoms with E-state index in [9.17, 15) is 4.79 Å². The van der Waals surface area contributed by atoms with Gasteiger partial charge < -0.3 is 9.88 Å². The van der Waals surface area contributed by atoms with Gasteiger partial charge in [-0.3, -0.25) is 9.48 Å². The number of aromatic nitrogens is 3. The van der Waals surface area contributed by atoms with Crippen LogP contribution in [0.1, 0.15) is 10.5 Å². The number of halogens is 1. The molecule has 1 aromatic carbocycles. The second-order valence-electron chi connectivity index (χ2n) is 4.77. The molecule has 0 aliphatic heterocycles. The zero-order chi connectivity index (χ0) is 15.4. The van der Waals surface area contributed by atoms with Gasteiger partial charge in [0.1, 0.15) is 5.69 Å². The second-order valence-corrected chi connectivity index (χ2v) is 6.01. The number of nitrogens with one attached hydrogen (secondary N) is 1. The Kier molecular flexibility index (Phi) is 4.57. The first kappa shape index (κ1) is 14.8. The molecule has 0 saturated carbocycles. The van der Waals surface area contributed by atoms with Crippen molar-refractivity contribution in [2.24, 2.45) is 0 Å². The van der Waals surface area contributed by atoms with Gasteiger partial charge in [0.15, 0.2) is 0 Å². The summed E-state index contributed by atoms with van der Waals surface area (Å²) in [6, 6.07) is 13.6. The minimum atomic E-state index is -0.0870. The van der Waals surface area contributed by atoms with Gasteiger partial charge in [-0.25, -0.2) is 0 Å². The quantitative estimate of drug-likeness (QED) is 0.663. The Morgan fingerprint density at radius 1 is 1.18 bits per heavy atom. The molecule has 0 radical (unpaired) electrons. The van der Waals surface area contributed by atoms with Gasteiger partial charge in [0, 0.05) is 34.4 Å². The molecule has 112 valence electrons. The first-order chi connectivity index (χ1) is 10.7. The number of nitrogens with zero attached hydrogens (tertiary/aromatic N) is 3. The Balaban J connectivity index is 1.70. The van der Waals surface area contributed by atoms with Crippen molar-refractivity contribution in [3.05, 3.63) is 70.3 Å². The molecular formula is C16H15IN4O. The van der Waals surface area contributed by atoms with E-state index in [2.05, 4.69) is 33.0 Å². The van der Waals surface area contributed by atoms with Crippen molar-refractivity contribution in [2.45, 2.75) is 6.54 Å². The molecule has 0 unspecified atom stereocenters. The Hall–Kier alpha value is -2.09. The van der Waals surface area contributed by atoms with E-state index in [-0.39, 0.29) is 5.91 Å². The van der Waals surface area contributed by atoms with E-state index in [1.807, 2.05) is 59.4 Å². The van der Waals surface area contributed by atoms with Crippen molar-refractivity contribution in [1.29, 1.82) is 0 Å². The first-order valence-electron chi connectivity index (χ1n) is 6.93. The molecule has 0 aliphatic rings. The molecule has 0 atom stereocenters. The molecule has 6 heteroatoms. The second kappa shape index (κ2) is 6.78. The molecule has 2 heterocycles. The van der Waals surface area contributed by atoms with Crippen LogP contribution in [-0.4, -0.2) is 26.8 Å². The summed E-state index contributed by atoms with van der Waals surface area (Å²) in [6.07, 6.45) is 5.50. The summed E-state index contributed by atoms with van der Waals surface area (Å²) in [5.74, 6) is -0.0870. The zero-order valence-corrected chi connectivity index (χ0v) is 14.0. The Bertz CT molecular complexity index is 764. The maximum atomic E-state index is 12.3. The first-order valence-corrected chi connectivity index (χ1v) is 8.01. The van der Waals surface area contributed by atoms with Crippen LogP contribution in [0.5, 0.6) is 0 Å². The van der Waals surface area contributed by atoms with Crippen molar-refractivity contribution >= 4 is 28.5 Å². The molecule has 1 N–H and O–H groups in total. The van der Waals surface area contributed by atoms with Gasteiger partial charge in [-0.15, -0.1) is 0 Å². The zero-order valence-electron chi connectivity index (χ0n) is 11.8. The van der Waals surface area contributed by atoms with E-state index in [4.69, 9.17) is 0 Å². The highest BCUT2D eigenvalue weighted by Gasteiger charge is 2.11. The predicted molar refractivity (Wildman–Crippen MR) is 93.0 cm³/mol. The fraction of sp³-hybridized carbons (Fsp3) is 0.125. The Morgan fingerprint density at radius 3 is 2.86 bits per heavy atom. The van der Waals surface area contributed by atoms with Crippen LogP contribution < -0.4 is 5.32 Å². The lowest BCUT2D eigenvalue weighted by Gasteiger charge is -2.10. The van der Waals surface area contributed by atoms with Gasteiger partial charge in [0.25, 0.3) is 5.91 Å². The van der Waals surface area contributed by atoms with E-state index < -0.39 is 0 Å². The number of carbonyl (C=O) groups excluding carboxylic acids is 1. The van der Waals surface area contributed by atoms with Crippen LogP contribution in [-0.2, 0) is 6.54 Å². The highest BCUT2D eigenvalue weighted by atomic mass is 127. The van der Waals surface area contributed by atoms with Gasteiger partial charge in [-0.05, 0) is 59.0 Å². The van der Waals surface area contributed by atoms with Crippen molar-refractivity contribution in [3.8, 4) is 5.69 Å². The van der Waals surface area contributed by atoms with Gasteiger partial charge in [-0.1, -0.05) is 6.07 Å². The van der Waals surface area contributed by atoms with E-state index in [0.29, 0.717) is 18.8 Å². The third-order valence-corrected chi connectivity index (χ3v) is 3.92. The molecule has 22 heavy (non-hydrogen) atoms. The van der Waals surface area contributed by atoms with Crippen LogP contribution in [0.25, 0.3) is 5.69 Å². The standard InChI is InChI=1S/C16H15IN4O/c17-13-4-1-5-14(12-13)21-10-2-6-15(21)16(22)18-8-11-20-9-3-7-19-20/h1-7,9-10,12H,8,11H2,(H,18,22). The Morgan fingerprint density at radius 2 is 2.09 bits per heavy atom. The Labute approximate surface area is 142 Å². The summed E-state index contributed by atoms with van der Waals surface area (Å²) in [6.45, 7) is 1.20. The smallest absolute Gasteiger partial charge is 0.268 e. The SMILES string of the molecule is O=C(NCCn1cccn1)c1cccn1-c1cccc(I)c1. The third kappa shape index (κ3) is 3.38. The van der Waals surface area contributed by atoms with E-state index in [1.54, 1.807) is 10.9 Å². The third-order valence-electron chi connectivity index (χ3n) is 3.25. The normalized spacial score (nSPS) is 10.6. The lowest BCUT2D eigenvalue weighted by Crippen LogP contribution is -2.28. The summed E-state index contributed by atoms with van der Waals surface area (Å²) in [7, 11) is 0. The van der Waals surface area contributed by atoms with Crippen molar-refractivity contribution in [3.63, 3.8) is 0 Å². The maximum Gasteiger partial charge on any atom is 0.268 e. The van der Waals surface area contributed by atoms with Crippen LogP contribution in [0.2, 0.25) is 0 Å². The largest absolute Gasteiger partial charge is 0.349 e. The molecule has 0 saturated heterocycles. The summed E-state index contributed by atoms with van der Waals surface area (Å²) >= 11 is 2.26. The van der Waals surface area contributed by atoms with Gasteiger partial charge in [0.05, 0.1) is 6.54 Å². The molecule has 0 fully saturated rings. The molecule has 2 aromatic heterocycles. The average Bonchev–Trinajstić information content (AvgIpc) is 3.18. The maximum absolute atomic E-state index is 12.3. The van der Waals surface area contributed by atoms with Gasteiger partial charge in [-0.2, -0.15) is 5.10 Å². The highest BCUT2D eigenvalue weighted by molar-refractivity contribution is 14.1. The van der Waals surface area contributed by atoms with Crippen molar-refractivity contribution < 1.29 is 4.79 Å². The molecule has 0 aliphatic carbocycles. The number of rotatable bonds is 5. The van der Waals surface area contributed by atoms with Crippen molar-refractivity contribution in [2.75, 3.05) is 6.54 Å². The molecule has 1 amide bonds. The highest BCUT2D eigenvalue weighted by Crippen LogP contribution is 2.15. The van der Waals surface area contributed by atoms with Crippen LogP contribution in [0, 0.1) is 3.57 Å². The van der Waals surface area contributed by atoms with Gasteiger partial charge >= 0.3 is 0 Å². The molecule has 5 nitrogen and oxygen atoms in total. The summed E-state index contributed by atoms with van der Waals surface area (Å²) in [5, 5.41) is 7.04.